The number of rotatable bonds is 6. The van der Waals surface area contributed by atoms with Gasteiger partial charge in [-0.15, -0.1) is 12.4 Å². The van der Waals surface area contributed by atoms with Gasteiger partial charge < -0.3 is 15.8 Å². The molecule has 0 bridgehead atoms. The summed E-state index contributed by atoms with van der Waals surface area (Å²) in [6, 6.07) is 0.127. The van der Waals surface area contributed by atoms with E-state index in [1.807, 2.05) is 0 Å². The molecular formula is C13H27ClN2O2. The van der Waals surface area contributed by atoms with Crippen LogP contribution < -0.4 is 11.1 Å². The van der Waals surface area contributed by atoms with E-state index >= 15 is 0 Å². The van der Waals surface area contributed by atoms with Gasteiger partial charge in [0, 0.05) is 32.2 Å². The molecule has 1 fully saturated rings. The predicted octanol–water partition coefficient (Wildman–Crippen LogP) is 1.71. The first-order valence-corrected chi connectivity index (χ1v) is 6.69. The third-order valence-corrected chi connectivity index (χ3v) is 3.22. The Hall–Kier alpha value is -0.320. The van der Waals surface area contributed by atoms with Crippen LogP contribution in [-0.4, -0.2) is 31.7 Å². The molecule has 108 valence electrons. The van der Waals surface area contributed by atoms with Crippen LogP contribution in [0.15, 0.2) is 0 Å². The number of nitrogens with two attached hydrogens (primary N) is 1. The van der Waals surface area contributed by atoms with Crippen molar-refractivity contribution in [3.05, 3.63) is 0 Å². The molecule has 0 aromatic carbocycles. The number of halogens is 1. The first-order chi connectivity index (χ1) is 8.11. The maximum absolute atomic E-state index is 11.9. The molecule has 5 heteroatoms. The zero-order chi connectivity index (χ0) is 12.7. The molecule has 18 heavy (non-hydrogen) atoms. The van der Waals surface area contributed by atoms with Gasteiger partial charge in [-0.05, 0) is 31.1 Å². The lowest BCUT2D eigenvalue weighted by atomic mass is 9.95. The van der Waals surface area contributed by atoms with Gasteiger partial charge in [0.2, 0.25) is 5.91 Å². The van der Waals surface area contributed by atoms with Crippen molar-refractivity contribution in [2.24, 2.45) is 17.6 Å². The van der Waals surface area contributed by atoms with E-state index in [9.17, 15) is 4.79 Å². The van der Waals surface area contributed by atoms with Crippen LogP contribution in [0.2, 0.25) is 0 Å². The fourth-order valence-corrected chi connectivity index (χ4v) is 2.28. The molecule has 1 saturated heterocycles. The summed E-state index contributed by atoms with van der Waals surface area (Å²) in [6.45, 7) is 6.41. The topological polar surface area (TPSA) is 64.3 Å². The van der Waals surface area contributed by atoms with Crippen molar-refractivity contribution in [3.63, 3.8) is 0 Å². The first kappa shape index (κ1) is 17.7. The maximum Gasteiger partial charge on any atom is 0.220 e. The Morgan fingerprint density at radius 3 is 2.50 bits per heavy atom. The first-order valence-electron chi connectivity index (χ1n) is 6.69. The van der Waals surface area contributed by atoms with Gasteiger partial charge in [-0.3, -0.25) is 4.79 Å². The van der Waals surface area contributed by atoms with Gasteiger partial charge in [0.15, 0.2) is 0 Å². The minimum Gasteiger partial charge on any atom is -0.381 e. The summed E-state index contributed by atoms with van der Waals surface area (Å²) in [5.41, 5.74) is 5.67. The molecule has 0 radical (unpaired) electrons. The fraction of sp³-hybridized carbons (Fsp3) is 0.923. The molecule has 4 nitrogen and oxygen atoms in total. The highest BCUT2D eigenvalue weighted by molar-refractivity contribution is 5.85. The SMILES string of the molecule is CC(C)CC(CN)NC(=O)CC1CCOCC1.Cl. The summed E-state index contributed by atoms with van der Waals surface area (Å²) in [5, 5.41) is 3.04. The minimum atomic E-state index is 0. The molecule has 1 aliphatic heterocycles. The standard InChI is InChI=1S/C13H26N2O2.ClH/c1-10(2)7-12(9-14)15-13(16)8-11-3-5-17-6-4-11;/h10-12H,3-9,14H2,1-2H3,(H,15,16);1H. The lowest BCUT2D eigenvalue weighted by Gasteiger charge is -2.23. The number of hydrogen-bond donors (Lipinski definition) is 2. The zero-order valence-electron chi connectivity index (χ0n) is 11.5. The number of carbonyl (C=O) groups excluding carboxylic acids is 1. The van der Waals surface area contributed by atoms with E-state index in [1.165, 1.54) is 0 Å². The number of nitrogens with one attached hydrogen (secondary N) is 1. The van der Waals surface area contributed by atoms with E-state index in [2.05, 4.69) is 19.2 Å². The molecule has 1 unspecified atom stereocenters. The zero-order valence-corrected chi connectivity index (χ0v) is 12.3. The van der Waals surface area contributed by atoms with Crippen LogP contribution in [0.1, 0.15) is 39.5 Å². The summed E-state index contributed by atoms with van der Waals surface area (Å²) >= 11 is 0. The van der Waals surface area contributed by atoms with Crippen LogP contribution in [0.25, 0.3) is 0 Å². The van der Waals surface area contributed by atoms with E-state index in [1.54, 1.807) is 0 Å². The second-order valence-corrected chi connectivity index (χ2v) is 5.39. The van der Waals surface area contributed by atoms with Crippen LogP contribution in [0.5, 0.6) is 0 Å². The van der Waals surface area contributed by atoms with E-state index in [-0.39, 0.29) is 24.4 Å². The average Bonchev–Trinajstić information content (AvgIpc) is 2.28. The van der Waals surface area contributed by atoms with Gasteiger partial charge in [-0.1, -0.05) is 13.8 Å². The third kappa shape index (κ3) is 7.19. The van der Waals surface area contributed by atoms with Gasteiger partial charge in [-0.2, -0.15) is 0 Å². The Kier molecular flexibility index (Phi) is 9.42. The minimum absolute atomic E-state index is 0. The van der Waals surface area contributed by atoms with Crippen LogP contribution >= 0.6 is 12.4 Å². The van der Waals surface area contributed by atoms with Crippen molar-refractivity contribution >= 4 is 18.3 Å². The summed E-state index contributed by atoms with van der Waals surface area (Å²) < 4.78 is 5.28. The number of carbonyl (C=O) groups is 1. The quantitative estimate of drug-likeness (QED) is 0.777. The number of hydrogen-bond acceptors (Lipinski definition) is 3. The molecule has 3 N–H and O–H groups in total. The normalized spacial score (nSPS) is 18.2. The lowest BCUT2D eigenvalue weighted by Crippen LogP contribution is -2.41. The molecule has 0 aromatic heterocycles. The third-order valence-electron chi connectivity index (χ3n) is 3.22. The van der Waals surface area contributed by atoms with Gasteiger partial charge >= 0.3 is 0 Å². The van der Waals surface area contributed by atoms with Gasteiger partial charge in [0.05, 0.1) is 0 Å². The highest BCUT2D eigenvalue weighted by Gasteiger charge is 2.19. The summed E-state index contributed by atoms with van der Waals surface area (Å²) in [6.07, 6.45) is 3.59. The molecule has 1 amide bonds. The monoisotopic (exact) mass is 278 g/mol. The number of ether oxygens (including phenoxy) is 1. The fourth-order valence-electron chi connectivity index (χ4n) is 2.28. The van der Waals surface area contributed by atoms with Crippen molar-refractivity contribution in [2.75, 3.05) is 19.8 Å². The van der Waals surface area contributed by atoms with Gasteiger partial charge in [0.25, 0.3) is 0 Å². The van der Waals surface area contributed by atoms with E-state index in [0.29, 0.717) is 24.8 Å². The molecule has 1 rings (SSSR count). The summed E-state index contributed by atoms with van der Waals surface area (Å²) in [4.78, 5) is 11.9. The van der Waals surface area contributed by atoms with E-state index in [0.717, 1.165) is 32.5 Å². The van der Waals surface area contributed by atoms with Crippen LogP contribution in [0.3, 0.4) is 0 Å². The molecule has 0 spiro atoms. The van der Waals surface area contributed by atoms with Crippen molar-refractivity contribution in [2.45, 2.75) is 45.6 Å². The Bertz CT molecular complexity index is 231. The summed E-state index contributed by atoms with van der Waals surface area (Å²) in [5.74, 6) is 1.20. The van der Waals surface area contributed by atoms with E-state index < -0.39 is 0 Å². The van der Waals surface area contributed by atoms with Crippen molar-refractivity contribution < 1.29 is 9.53 Å². The van der Waals surface area contributed by atoms with Crippen molar-refractivity contribution in [1.82, 2.24) is 5.32 Å². The summed E-state index contributed by atoms with van der Waals surface area (Å²) in [7, 11) is 0. The molecule has 0 aliphatic carbocycles. The average molecular weight is 279 g/mol. The smallest absolute Gasteiger partial charge is 0.220 e. The Balaban J connectivity index is 0.00000289. The van der Waals surface area contributed by atoms with E-state index in [4.69, 9.17) is 10.5 Å². The largest absolute Gasteiger partial charge is 0.381 e. The highest BCUT2D eigenvalue weighted by Crippen LogP contribution is 2.18. The predicted molar refractivity (Wildman–Crippen MR) is 75.8 cm³/mol. The molecule has 1 atom stereocenters. The second kappa shape index (κ2) is 9.59. The highest BCUT2D eigenvalue weighted by atomic mass is 35.5. The Labute approximate surface area is 116 Å². The molecular weight excluding hydrogens is 252 g/mol. The van der Waals surface area contributed by atoms with Crippen molar-refractivity contribution in [3.8, 4) is 0 Å². The second-order valence-electron chi connectivity index (χ2n) is 5.39. The van der Waals surface area contributed by atoms with Crippen molar-refractivity contribution in [1.29, 1.82) is 0 Å². The molecule has 1 heterocycles. The lowest BCUT2D eigenvalue weighted by molar-refractivity contribution is -0.123. The van der Waals surface area contributed by atoms with Crippen LogP contribution in [0, 0.1) is 11.8 Å². The Morgan fingerprint density at radius 2 is 2.00 bits per heavy atom. The van der Waals surface area contributed by atoms with Gasteiger partial charge in [0.1, 0.15) is 0 Å². The van der Waals surface area contributed by atoms with Crippen LogP contribution in [-0.2, 0) is 9.53 Å². The Morgan fingerprint density at radius 1 is 1.39 bits per heavy atom. The maximum atomic E-state index is 11.9. The molecule has 0 saturated carbocycles. The number of amides is 1. The van der Waals surface area contributed by atoms with Gasteiger partial charge in [-0.25, -0.2) is 0 Å². The molecule has 1 aliphatic rings. The van der Waals surface area contributed by atoms with Crippen LogP contribution in [0.4, 0.5) is 0 Å². The molecule has 0 aromatic rings.